The van der Waals surface area contributed by atoms with Crippen LogP contribution in [0.2, 0.25) is 5.02 Å². The first kappa shape index (κ1) is 28.7. The highest BCUT2D eigenvalue weighted by atomic mass is 35.5. The number of hydrogen-bond donors (Lipinski definition) is 1. The first-order chi connectivity index (χ1) is 19.8. The Kier molecular flexibility index (Phi) is 8.67. The molecule has 41 heavy (non-hydrogen) atoms. The second-order valence-electron chi connectivity index (χ2n) is 10.0. The van der Waals surface area contributed by atoms with Gasteiger partial charge in [-0.1, -0.05) is 11.6 Å². The van der Waals surface area contributed by atoms with Crippen molar-refractivity contribution in [1.29, 1.82) is 0 Å². The number of ether oxygens (including phenoxy) is 1. The molecular weight excluding hydrogens is 552 g/mol. The lowest BCUT2D eigenvalue weighted by molar-refractivity contribution is 0.0630. The maximum atomic E-state index is 14.9. The third-order valence-electron chi connectivity index (χ3n) is 7.04. The van der Waals surface area contributed by atoms with E-state index in [-0.39, 0.29) is 23.8 Å². The first-order valence-electron chi connectivity index (χ1n) is 13.4. The van der Waals surface area contributed by atoms with Crippen LogP contribution in [0.4, 0.5) is 20.3 Å². The van der Waals surface area contributed by atoms with Crippen LogP contribution in [-0.4, -0.2) is 94.9 Å². The zero-order chi connectivity index (χ0) is 29.1. The highest BCUT2D eigenvalue weighted by Crippen LogP contribution is 2.32. The van der Waals surface area contributed by atoms with E-state index in [0.29, 0.717) is 46.5 Å². The molecule has 0 bridgehead atoms. The molecule has 1 amide bonds. The molecule has 0 saturated carbocycles. The molecule has 9 nitrogen and oxygen atoms in total. The van der Waals surface area contributed by atoms with E-state index in [1.54, 1.807) is 35.7 Å². The highest BCUT2D eigenvalue weighted by molar-refractivity contribution is 6.34. The van der Waals surface area contributed by atoms with Gasteiger partial charge in [-0.05, 0) is 51.4 Å². The number of imidazole rings is 1. The molecule has 0 spiro atoms. The van der Waals surface area contributed by atoms with Crippen molar-refractivity contribution in [2.24, 2.45) is 0 Å². The fourth-order valence-electron chi connectivity index (χ4n) is 4.79. The lowest BCUT2D eigenvalue weighted by atomic mass is 10.1. The predicted molar refractivity (Wildman–Crippen MR) is 155 cm³/mol. The second kappa shape index (κ2) is 12.4. The smallest absolute Gasteiger partial charge is 0.255 e. The predicted octanol–water partition coefficient (Wildman–Crippen LogP) is 4.79. The maximum Gasteiger partial charge on any atom is 0.255 e. The number of aromatic nitrogens is 3. The number of anilines is 2. The number of nitrogens with one attached hydrogen (secondary N) is 1. The molecule has 2 aromatic heterocycles. The van der Waals surface area contributed by atoms with Crippen molar-refractivity contribution < 1.29 is 18.3 Å². The molecule has 1 fully saturated rings. The van der Waals surface area contributed by atoms with Crippen LogP contribution in [0, 0.1) is 11.6 Å². The Labute approximate surface area is 242 Å². The molecule has 0 aliphatic carbocycles. The molecule has 1 aliphatic heterocycles. The summed E-state index contributed by atoms with van der Waals surface area (Å²) in [6.45, 7) is 6.82. The largest absolute Gasteiger partial charge is 0.491 e. The van der Waals surface area contributed by atoms with E-state index in [0.717, 1.165) is 26.2 Å². The van der Waals surface area contributed by atoms with Gasteiger partial charge >= 0.3 is 0 Å². The fourth-order valence-corrected chi connectivity index (χ4v) is 5.05. The van der Waals surface area contributed by atoms with E-state index in [9.17, 15) is 13.6 Å². The van der Waals surface area contributed by atoms with Crippen LogP contribution in [0.3, 0.4) is 0 Å². The molecule has 5 rings (SSSR count). The molecule has 4 aromatic rings. The fraction of sp³-hybridized carbons (Fsp3) is 0.345. The molecule has 2 aromatic carbocycles. The van der Waals surface area contributed by atoms with Crippen molar-refractivity contribution in [2.75, 3.05) is 65.3 Å². The summed E-state index contributed by atoms with van der Waals surface area (Å²) < 4.78 is 36.2. The summed E-state index contributed by atoms with van der Waals surface area (Å²) in [5.41, 5.74) is 1.83. The van der Waals surface area contributed by atoms with Crippen molar-refractivity contribution >= 4 is 34.7 Å². The summed E-state index contributed by atoms with van der Waals surface area (Å²) in [7, 11) is 4.10. The van der Waals surface area contributed by atoms with Gasteiger partial charge in [-0.2, -0.15) is 4.39 Å². The number of amides is 1. The Morgan fingerprint density at radius 1 is 1.10 bits per heavy atom. The number of halogens is 3. The Morgan fingerprint density at radius 2 is 1.88 bits per heavy atom. The number of piperazine rings is 1. The second-order valence-corrected chi connectivity index (χ2v) is 10.4. The zero-order valence-electron chi connectivity index (χ0n) is 23.2. The van der Waals surface area contributed by atoms with Crippen LogP contribution in [0.1, 0.15) is 17.3 Å². The SMILES string of the molecule is CCOc1ccc(-c2cnc3c(Nc4ccc(C(=O)N5CCN(CCN(C)C)CC5)c(Cl)c4)nccn23)c(F)c1F. The lowest BCUT2D eigenvalue weighted by Gasteiger charge is -2.35. The van der Waals surface area contributed by atoms with E-state index in [1.165, 1.54) is 24.5 Å². The van der Waals surface area contributed by atoms with E-state index in [2.05, 4.69) is 39.2 Å². The molecule has 1 aliphatic rings. The molecule has 3 heterocycles. The van der Waals surface area contributed by atoms with Gasteiger partial charge in [-0.3, -0.25) is 14.1 Å². The van der Waals surface area contributed by atoms with Crippen LogP contribution in [0.25, 0.3) is 16.9 Å². The minimum absolute atomic E-state index is 0.0417. The van der Waals surface area contributed by atoms with Gasteiger partial charge in [0, 0.05) is 62.9 Å². The molecular formula is C29H32ClF2N7O2. The summed E-state index contributed by atoms with van der Waals surface area (Å²) in [6.07, 6.45) is 4.60. The molecule has 216 valence electrons. The Hall–Kier alpha value is -3.80. The van der Waals surface area contributed by atoms with E-state index in [1.807, 2.05) is 4.90 Å². The lowest BCUT2D eigenvalue weighted by Crippen LogP contribution is -2.50. The third kappa shape index (κ3) is 6.12. The first-order valence-corrected chi connectivity index (χ1v) is 13.8. The van der Waals surface area contributed by atoms with Crippen LogP contribution in [0.5, 0.6) is 5.75 Å². The Morgan fingerprint density at radius 3 is 2.59 bits per heavy atom. The molecule has 0 radical (unpaired) electrons. The van der Waals surface area contributed by atoms with Crippen molar-refractivity contribution in [3.8, 4) is 17.0 Å². The number of carbonyl (C=O) groups is 1. The average molecular weight is 584 g/mol. The normalized spacial score (nSPS) is 14.2. The molecule has 0 unspecified atom stereocenters. The topological polar surface area (TPSA) is 78.2 Å². The van der Waals surface area contributed by atoms with Gasteiger partial charge < -0.3 is 19.9 Å². The summed E-state index contributed by atoms with van der Waals surface area (Å²) in [6, 6.07) is 7.97. The van der Waals surface area contributed by atoms with E-state index >= 15 is 0 Å². The number of carbonyl (C=O) groups excluding carboxylic acids is 1. The van der Waals surface area contributed by atoms with Crippen molar-refractivity contribution in [2.45, 2.75) is 6.92 Å². The van der Waals surface area contributed by atoms with Gasteiger partial charge in [0.15, 0.2) is 23.0 Å². The average Bonchev–Trinajstić information content (AvgIpc) is 3.39. The number of rotatable bonds is 9. The van der Waals surface area contributed by atoms with Crippen LogP contribution in [0.15, 0.2) is 48.9 Å². The van der Waals surface area contributed by atoms with Gasteiger partial charge in [0.2, 0.25) is 5.82 Å². The standard InChI is InChI=1S/C29H32ClF2N7O2/c1-4-41-24-8-7-21(25(31)26(24)32)23-18-34-28-27(33-9-10-39(23)28)35-19-5-6-20(22(30)17-19)29(40)38-15-13-37(14-16-38)12-11-36(2)3/h5-10,17-18H,4,11-16H2,1-3H3,(H,33,35). The molecule has 1 saturated heterocycles. The molecule has 1 N–H and O–H groups in total. The number of benzene rings is 2. The molecule has 0 atom stereocenters. The van der Waals surface area contributed by atoms with Crippen LogP contribution >= 0.6 is 11.6 Å². The number of likely N-dealkylation sites (N-methyl/N-ethyl adjacent to an activating group) is 1. The van der Waals surface area contributed by atoms with Crippen molar-refractivity contribution in [1.82, 2.24) is 29.1 Å². The Bertz CT molecular complexity index is 1550. The van der Waals surface area contributed by atoms with Crippen molar-refractivity contribution in [3.05, 3.63) is 71.1 Å². The Balaban J connectivity index is 1.32. The van der Waals surface area contributed by atoms with Gasteiger partial charge in [-0.25, -0.2) is 14.4 Å². The summed E-state index contributed by atoms with van der Waals surface area (Å²) in [4.78, 5) is 28.3. The number of fused-ring (bicyclic) bond motifs is 1. The third-order valence-corrected chi connectivity index (χ3v) is 7.35. The molecule has 12 heteroatoms. The van der Waals surface area contributed by atoms with Gasteiger partial charge in [0.25, 0.3) is 5.91 Å². The van der Waals surface area contributed by atoms with Gasteiger partial charge in [0.05, 0.1) is 29.1 Å². The van der Waals surface area contributed by atoms with Crippen LogP contribution in [-0.2, 0) is 0 Å². The van der Waals surface area contributed by atoms with E-state index in [4.69, 9.17) is 16.3 Å². The quantitative estimate of drug-likeness (QED) is 0.304. The number of hydrogen-bond acceptors (Lipinski definition) is 7. The van der Waals surface area contributed by atoms with Crippen LogP contribution < -0.4 is 10.1 Å². The zero-order valence-corrected chi connectivity index (χ0v) is 24.0. The highest BCUT2D eigenvalue weighted by Gasteiger charge is 2.24. The maximum absolute atomic E-state index is 14.9. The van der Waals surface area contributed by atoms with E-state index < -0.39 is 11.6 Å². The summed E-state index contributed by atoms with van der Waals surface area (Å²) >= 11 is 6.56. The monoisotopic (exact) mass is 583 g/mol. The number of nitrogens with zero attached hydrogens (tertiary/aromatic N) is 6. The summed E-state index contributed by atoms with van der Waals surface area (Å²) in [5.74, 6) is -1.94. The van der Waals surface area contributed by atoms with Gasteiger partial charge in [0.1, 0.15) is 0 Å². The van der Waals surface area contributed by atoms with Gasteiger partial charge in [-0.15, -0.1) is 0 Å². The minimum atomic E-state index is -1.05. The minimum Gasteiger partial charge on any atom is -0.491 e. The summed E-state index contributed by atoms with van der Waals surface area (Å²) in [5, 5.41) is 3.49. The van der Waals surface area contributed by atoms with Crippen molar-refractivity contribution in [3.63, 3.8) is 0 Å².